The number of ether oxygens (including phenoxy) is 2. The molecule has 1 aromatic carbocycles. The summed E-state index contributed by atoms with van der Waals surface area (Å²) in [6.45, 7) is 3.51. The number of nitrogens with zero attached hydrogens (tertiary/aromatic N) is 1. The molecule has 2 aliphatic rings. The van der Waals surface area contributed by atoms with Gasteiger partial charge in [-0.05, 0) is 37.4 Å². The molecular formula is C17H25NO3. The highest BCUT2D eigenvalue weighted by Crippen LogP contribution is 2.35. The zero-order chi connectivity index (χ0) is 14.7. The fraction of sp³-hybridized carbons (Fsp3) is 0.647. The van der Waals surface area contributed by atoms with Crippen molar-refractivity contribution in [2.24, 2.45) is 0 Å². The predicted octanol–water partition coefficient (Wildman–Crippen LogP) is 2.02. The largest absolute Gasteiger partial charge is 0.496 e. The molecule has 3 rings (SSSR count). The van der Waals surface area contributed by atoms with Crippen LogP contribution in [0.4, 0.5) is 0 Å². The molecule has 0 aromatic heterocycles. The second kappa shape index (κ2) is 6.77. The molecule has 1 aromatic rings. The SMILES string of the molecule is COc1ccccc1C1CCN(C2CCOCC2)CC1O. The summed E-state index contributed by atoms with van der Waals surface area (Å²) in [6, 6.07) is 8.64. The predicted molar refractivity (Wildman–Crippen MR) is 81.8 cm³/mol. The monoisotopic (exact) mass is 291 g/mol. The lowest BCUT2D eigenvalue weighted by atomic mass is 9.85. The molecule has 4 heteroatoms. The van der Waals surface area contributed by atoms with Gasteiger partial charge in [0.05, 0.1) is 13.2 Å². The number of aliphatic hydroxyl groups is 1. The average Bonchev–Trinajstić information content (AvgIpc) is 2.55. The fourth-order valence-corrected chi connectivity index (χ4v) is 3.67. The smallest absolute Gasteiger partial charge is 0.122 e. The van der Waals surface area contributed by atoms with Crippen molar-refractivity contribution in [2.45, 2.75) is 37.3 Å². The van der Waals surface area contributed by atoms with E-state index in [4.69, 9.17) is 9.47 Å². The summed E-state index contributed by atoms with van der Waals surface area (Å²) >= 11 is 0. The number of β-amino-alcohol motifs (C(OH)–C–C–N with tert-alkyl or cyclic N) is 1. The van der Waals surface area contributed by atoms with Gasteiger partial charge in [0.2, 0.25) is 0 Å². The van der Waals surface area contributed by atoms with Gasteiger partial charge in [-0.3, -0.25) is 4.90 Å². The van der Waals surface area contributed by atoms with E-state index in [9.17, 15) is 5.11 Å². The van der Waals surface area contributed by atoms with Crippen molar-refractivity contribution in [3.63, 3.8) is 0 Å². The Morgan fingerprint density at radius 3 is 2.67 bits per heavy atom. The Morgan fingerprint density at radius 2 is 1.95 bits per heavy atom. The minimum Gasteiger partial charge on any atom is -0.496 e. The van der Waals surface area contributed by atoms with Crippen LogP contribution in [0.3, 0.4) is 0 Å². The maximum Gasteiger partial charge on any atom is 0.122 e. The van der Waals surface area contributed by atoms with Gasteiger partial charge in [0, 0.05) is 31.7 Å². The standard InChI is InChI=1S/C17H25NO3/c1-20-17-5-3-2-4-15(17)14-6-9-18(12-16(14)19)13-7-10-21-11-8-13/h2-5,13-14,16,19H,6-12H2,1H3. The lowest BCUT2D eigenvalue weighted by molar-refractivity contribution is -0.0125. The van der Waals surface area contributed by atoms with Crippen LogP contribution in [0.15, 0.2) is 24.3 Å². The van der Waals surface area contributed by atoms with Gasteiger partial charge in [0.25, 0.3) is 0 Å². The minimum absolute atomic E-state index is 0.178. The highest BCUT2D eigenvalue weighted by Gasteiger charge is 2.33. The summed E-state index contributed by atoms with van der Waals surface area (Å²) < 4.78 is 10.9. The van der Waals surface area contributed by atoms with Crippen LogP contribution in [0.2, 0.25) is 0 Å². The quantitative estimate of drug-likeness (QED) is 0.925. The van der Waals surface area contributed by atoms with E-state index in [2.05, 4.69) is 11.0 Å². The van der Waals surface area contributed by atoms with Crippen LogP contribution in [-0.2, 0) is 4.74 Å². The van der Waals surface area contributed by atoms with Crippen molar-refractivity contribution in [1.29, 1.82) is 0 Å². The molecule has 2 atom stereocenters. The maximum atomic E-state index is 10.6. The Bertz CT molecular complexity index is 459. The summed E-state index contributed by atoms with van der Waals surface area (Å²) in [7, 11) is 1.70. The molecular weight excluding hydrogens is 266 g/mol. The van der Waals surface area contributed by atoms with Crippen LogP contribution in [0, 0.1) is 0 Å². The van der Waals surface area contributed by atoms with Crippen molar-refractivity contribution < 1.29 is 14.6 Å². The Balaban J connectivity index is 1.68. The van der Waals surface area contributed by atoms with E-state index < -0.39 is 0 Å². The number of piperidine rings is 1. The van der Waals surface area contributed by atoms with Gasteiger partial charge in [-0.1, -0.05) is 18.2 Å². The molecule has 2 fully saturated rings. The van der Waals surface area contributed by atoms with Gasteiger partial charge < -0.3 is 14.6 Å². The van der Waals surface area contributed by atoms with Gasteiger partial charge in [0.15, 0.2) is 0 Å². The number of para-hydroxylation sites is 1. The molecule has 1 N–H and O–H groups in total. The number of aliphatic hydroxyl groups excluding tert-OH is 1. The molecule has 0 radical (unpaired) electrons. The van der Waals surface area contributed by atoms with Gasteiger partial charge in [-0.15, -0.1) is 0 Å². The number of rotatable bonds is 3. The molecule has 0 bridgehead atoms. The number of benzene rings is 1. The third-order valence-corrected chi connectivity index (χ3v) is 4.86. The highest BCUT2D eigenvalue weighted by molar-refractivity contribution is 5.37. The van der Waals surface area contributed by atoms with E-state index in [0.717, 1.165) is 56.9 Å². The van der Waals surface area contributed by atoms with E-state index >= 15 is 0 Å². The molecule has 0 saturated carbocycles. The third-order valence-electron chi connectivity index (χ3n) is 4.86. The summed E-state index contributed by atoms with van der Waals surface area (Å²) in [5, 5.41) is 10.6. The van der Waals surface area contributed by atoms with Gasteiger partial charge in [-0.2, -0.15) is 0 Å². The zero-order valence-electron chi connectivity index (χ0n) is 12.7. The van der Waals surface area contributed by atoms with E-state index in [0.29, 0.717) is 6.04 Å². The Labute approximate surface area is 126 Å². The van der Waals surface area contributed by atoms with E-state index in [1.165, 1.54) is 0 Å². The molecule has 116 valence electrons. The topological polar surface area (TPSA) is 41.9 Å². The van der Waals surface area contributed by atoms with E-state index in [1.807, 2.05) is 18.2 Å². The summed E-state index contributed by atoms with van der Waals surface area (Å²) in [5.74, 6) is 1.07. The molecule has 0 aliphatic carbocycles. The van der Waals surface area contributed by atoms with Crippen LogP contribution < -0.4 is 4.74 Å². The molecule has 4 nitrogen and oxygen atoms in total. The summed E-state index contributed by atoms with van der Waals surface area (Å²) in [4.78, 5) is 2.44. The second-order valence-corrected chi connectivity index (χ2v) is 6.04. The molecule has 2 unspecified atom stereocenters. The van der Waals surface area contributed by atoms with Crippen molar-refractivity contribution in [3.05, 3.63) is 29.8 Å². The third kappa shape index (κ3) is 3.23. The first-order chi connectivity index (χ1) is 10.3. The molecule has 0 spiro atoms. The second-order valence-electron chi connectivity index (χ2n) is 6.04. The van der Waals surface area contributed by atoms with Crippen molar-refractivity contribution >= 4 is 0 Å². The van der Waals surface area contributed by atoms with E-state index in [1.54, 1.807) is 7.11 Å². The van der Waals surface area contributed by atoms with Gasteiger partial charge in [-0.25, -0.2) is 0 Å². The van der Waals surface area contributed by atoms with Crippen LogP contribution in [-0.4, -0.2) is 55.6 Å². The lowest BCUT2D eigenvalue weighted by Gasteiger charge is -2.42. The van der Waals surface area contributed by atoms with Crippen LogP contribution in [0.1, 0.15) is 30.7 Å². The summed E-state index contributed by atoms with van der Waals surface area (Å²) in [5.41, 5.74) is 1.14. The fourth-order valence-electron chi connectivity index (χ4n) is 3.67. The van der Waals surface area contributed by atoms with Crippen LogP contribution >= 0.6 is 0 Å². The molecule has 21 heavy (non-hydrogen) atoms. The van der Waals surface area contributed by atoms with E-state index in [-0.39, 0.29) is 12.0 Å². The van der Waals surface area contributed by atoms with Gasteiger partial charge >= 0.3 is 0 Å². The van der Waals surface area contributed by atoms with Gasteiger partial charge in [0.1, 0.15) is 5.75 Å². The molecule has 2 saturated heterocycles. The Hall–Kier alpha value is -1.10. The first-order valence-electron chi connectivity index (χ1n) is 7.92. The Kier molecular flexibility index (Phi) is 4.78. The number of hydrogen-bond donors (Lipinski definition) is 1. The van der Waals surface area contributed by atoms with Crippen LogP contribution in [0.5, 0.6) is 5.75 Å². The Morgan fingerprint density at radius 1 is 1.19 bits per heavy atom. The number of likely N-dealkylation sites (tertiary alicyclic amines) is 1. The average molecular weight is 291 g/mol. The van der Waals surface area contributed by atoms with Crippen molar-refractivity contribution in [3.8, 4) is 5.75 Å². The zero-order valence-corrected chi connectivity index (χ0v) is 12.7. The van der Waals surface area contributed by atoms with Crippen molar-refractivity contribution in [2.75, 3.05) is 33.4 Å². The normalized spacial score (nSPS) is 28.5. The first kappa shape index (κ1) is 14.8. The first-order valence-corrected chi connectivity index (χ1v) is 7.92. The molecule has 0 amide bonds. The molecule has 2 aliphatic heterocycles. The highest BCUT2D eigenvalue weighted by atomic mass is 16.5. The lowest BCUT2D eigenvalue weighted by Crippen LogP contribution is -2.49. The number of methoxy groups -OCH3 is 1. The maximum absolute atomic E-state index is 10.6. The summed E-state index contributed by atoms with van der Waals surface area (Å²) in [6.07, 6.45) is 2.84. The minimum atomic E-state index is -0.321. The number of hydrogen-bond acceptors (Lipinski definition) is 4. The van der Waals surface area contributed by atoms with Crippen molar-refractivity contribution in [1.82, 2.24) is 4.90 Å². The molecule has 2 heterocycles. The van der Waals surface area contributed by atoms with Crippen LogP contribution in [0.25, 0.3) is 0 Å².